The number of rotatable bonds is 4. The van der Waals surface area contributed by atoms with Crippen molar-refractivity contribution in [2.45, 2.75) is 45.2 Å². The molecule has 2 aliphatic rings. The van der Waals surface area contributed by atoms with Crippen molar-refractivity contribution in [3.63, 3.8) is 0 Å². The van der Waals surface area contributed by atoms with Gasteiger partial charge in [-0.05, 0) is 39.2 Å². The number of nitrogens with one attached hydrogen (secondary N) is 1. The van der Waals surface area contributed by atoms with Crippen LogP contribution in [0.25, 0.3) is 0 Å². The molecule has 1 N–H and O–H groups in total. The highest BCUT2D eigenvalue weighted by atomic mass is 16.2. The van der Waals surface area contributed by atoms with Crippen LogP contribution in [-0.2, 0) is 11.8 Å². The van der Waals surface area contributed by atoms with E-state index < -0.39 is 6.04 Å². The average molecular weight is 341 g/mol. The van der Waals surface area contributed by atoms with Crippen molar-refractivity contribution in [2.24, 2.45) is 7.05 Å². The van der Waals surface area contributed by atoms with Gasteiger partial charge in [-0.3, -0.25) is 19.2 Å². The quantitative estimate of drug-likeness (QED) is 0.920. The Morgan fingerprint density at radius 3 is 2.68 bits per heavy atom. The van der Waals surface area contributed by atoms with Crippen LogP contribution in [-0.4, -0.2) is 38.7 Å². The Balaban J connectivity index is 1.48. The highest BCUT2D eigenvalue weighted by Crippen LogP contribution is 2.38. The van der Waals surface area contributed by atoms with Gasteiger partial charge in [0.15, 0.2) is 5.82 Å². The van der Waals surface area contributed by atoms with E-state index >= 15 is 0 Å². The van der Waals surface area contributed by atoms with E-state index in [1.807, 2.05) is 33.0 Å². The van der Waals surface area contributed by atoms with E-state index in [-0.39, 0.29) is 11.8 Å². The van der Waals surface area contributed by atoms with Crippen LogP contribution in [0.15, 0.2) is 18.3 Å². The summed E-state index contributed by atoms with van der Waals surface area (Å²) < 4.78 is 3.91. The molecule has 25 heavy (non-hydrogen) atoms. The fraction of sp³-hybridized carbons (Fsp3) is 0.500. The number of amides is 2. The zero-order valence-electron chi connectivity index (χ0n) is 14.8. The van der Waals surface area contributed by atoms with E-state index in [0.29, 0.717) is 30.4 Å². The topological polar surface area (TPSA) is 72.2 Å². The maximum atomic E-state index is 12.7. The van der Waals surface area contributed by atoms with Gasteiger partial charge < -0.3 is 9.88 Å². The molecule has 7 heteroatoms. The molecule has 0 radical (unpaired) electrons. The Morgan fingerprint density at radius 1 is 1.28 bits per heavy atom. The van der Waals surface area contributed by atoms with Gasteiger partial charge >= 0.3 is 0 Å². The maximum absolute atomic E-state index is 12.7. The number of carbonyl (C=O) groups is 2. The molecule has 1 atom stereocenters. The van der Waals surface area contributed by atoms with Crippen LogP contribution >= 0.6 is 0 Å². The smallest absolute Gasteiger partial charge is 0.253 e. The van der Waals surface area contributed by atoms with Crippen molar-refractivity contribution in [2.75, 3.05) is 11.4 Å². The molecule has 0 aromatic carbocycles. The summed E-state index contributed by atoms with van der Waals surface area (Å²) in [6, 6.07) is 3.79. The summed E-state index contributed by atoms with van der Waals surface area (Å²) in [5.74, 6) is 0.375. The standard InChI is InChI=1S/C18H23N5O2/c1-11-10-14(12(2)23(11)13-4-5-13)17(24)19-15-6-9-22(18(15)25)16-7-8-21(3)20-16/h7-8,10,13,15H,4-6,9H2,1-3H3,(H,19,24). The van der Waals surface area contributed by atoms with Crippen molar-refractivity contribution in [3.8, 4) is 0 Å². The molecule has 1 saturated carbocycles. The molecule has 1 aliphatic heterocycles. The first-order chi connectivity index (χ1) is 12.0. The minimum Gasteiger partial charge on any atom is -0.345 e. The van der Waals surface area contributed by atoms with Crippen molar-refractivity contribution >= 4 is 17.6 Å². The van der Waals surface area contributed by atoms with Gasteiger partial charge in [0.05, 0.1) is 5.56 Å². The Labute approximate surface area is 146 Å². The van der Waals surface area contributed by atoms with E-state index in [4.69, 9.17) is 0 Å². The van der Waals surface area contributed by atoms with Gasteiger partial charge in [0.25, 0.3) is 11.8 Å². The Bertz CT molecular complexity index is 846. The number of hydrogen-bond donors (Lipinski definition) is 1. The third-order valence-electron chi connectivity index (χ3n) is 5.13. The first kappa shape index (κ1) is 15.9. The molecule has 4 rings (SSSR count). The van der Waals surface area contributed by atoms with Gasteiger partial charge in [0, 0.05) is 43.3 Å². The van der Waals surface area contributed by atoms with E-state index in [1.165, 1.54) is 12.8 Å². The van der Waals surface area contributed by atoms with Gasteiger partial charge in [-0.25, -0.2) is 0 Å². The van der Waals surface area contributed by atoms with Crippen LogP contribution in [0.3, 0.4) is 0 Å². The summed E-state index contributed by atoms with van der Waals surface area (Å²) in [4.78, 5) is 27.0. The second-order valence-electron chi connectivity index (χ2n) is 7.04. The van der Waals surface area contributed by atoms with E-state index in [2.05, 4.69) is 15.0 Å². The molecule has 3 heterocycles. The summed E-state index contributed by atoms with van der Waals surface area (Å²) in [5.41, 5.74) is 2.77. The highest BCUT2D eigenvalue weighted by molar-refractivity contribution is 6.03. The Morgan fingerprint density at radius 2 is 2.04 bits per heavy atom. The zero-order chi connectivity index (χ0) is 17.7. The molecule has 0 bridgehead atoms. The number of aromatic nitrogens is 3. The number of hydrogen-bond acceptors (Lipinski definition) is 3. The minimum atomic E-state index is -0.488. The van der Waals surface area contributed by atoms with Crippen molar-refractivity contribution in [1.82, 2.24) is 19.7 Å². The van der Waals surface area contributed by atoms with Crippen molar-refractivity contribution in [1.29, 1.82) is 0 Å². The molecule has 2 amide bonds. The van der Waals surface area contributed by atoms with Crippen LogP contribution in [0.1, 0.15) is 47.1 Å². The molecule has 2 aromatic rings. The van der Waals surface area contributed by atoms with Crippen molar-refractivity contribution in [3.05, 3.63) is 35.3 Å². The van der Waals surface area contributed by atoms with E-state index in [9.17, 15) is 9.59 Å². The maximum Gasteiger partial charge on any atom is 0.253 e. The number of nitrogens with zero attached hydrogens (tertiary/aromatic N) is 4. The predicted octanol–water partition coefficient (Wildman–Crippen LogP) is 1.71. The largest absolute Gasteiger partial charge is 0.345 e. The van der Waals surface area contributed by atoms with Gasteiger partial charge in [0.1, 0.15) is 6.04 Å². The molecule has 1 saturated heterocycles. The molecule has 1 aliphatic carbocycles. The lowest BCUT2D eigenvalue weighted by atomic mass is 10.2. The van der Waals surface area contributed by atoms with Crippen molar-refractivity contribution < 1.29 is 9.59 Å². The molecule has 132 valence electrons. The normalized spacial score (nSPS) is 20.4. The minimum absolute atomic E-state index is 0.0944. The van der Waals surface area contributed by atoms with Crippen LogP contribution in [0.2, 0.25) is 0 Å². The molecular formula is C18H23N5O2. The first-order valence-corrected chi connectivity index (χ1v) is 8.76. The molecule has 1 unspecified atom stereocenters. The van der Waals surface area contributed by atoms with Gasteiger partial charge in [0.2, 0.25) is 0 Å². The lowest BCUT2D eigenvalue weighted by Crippen LogP contribution is -2.41. The van der Waals surface area contributed by atoms with Gasteiger partial charge in [-0.15, -0.1) is 0 Å². The Hall–Kier alpha value is -2.57. The number of anilines is 1. The average Bonchev–Trinajstić information content (AvgIpc) is 3.10. The summed E-state index contributed by atoms with van der Waals surface area (Å²) >= 11 is 0. The lowest BCUT2D eigenvalue weighted by Gasteiger charge is -2.14. The lowest BCUT2D eigenvalue weighted by molar-refractivity contribution is -0.118. The molecule has 7 nitrogen and oxygen atoms in total. The molecular weight excluding hydrogens is 318 g/mol. The van der Waals surface area contributed by atoms with Crippen LogP contribution < -0.4 is 10.2 Å². The highest BCUT2D eigenvalue weighted by Gasteiger charge is 2.35. The summed E-state index contributed by atoms with van der Waals surface area (Å²) in [7, 11) is 1.82. The van der Waals surface area contributed by atoms with Crippen LogP contribution in [0.4, 0.5) is 5.82 Å². The zero-order valence-corrected chi connectivity index (χ0v) is 14.8. The second-order valence-corrected chi connectivity index (χ2v) is 7.04. The summed E-state index contributed by atoms with van der Waals surface area (Å²) in [6.07, 6.45) is 4.76. The fourth-order valence-electron chi connectivity index (χ4n) is 3.73. The third kappa shape index (κ3) is 2.73. The summed E-state index contributed by atoms with van der Waals surface area (Å²) in [5, 5.41) is 7.19. The summed E-state index contributed by atoms with van der Waals surface area (Å²) in [6.45, 7) is 4.59. The fourth-order valence-corrected chi connectivity index (χ4v) is 3.73. The monoisotopic (exact) mass is 341 g/mol. The predicted molar refractivity (Wildman–Crippen MR) is 93.6 cm³/mol. The molecule has 0 spiro atoms. The number of carbonyl (C=O) groups excluding carboxylic acids is 2. The number of aryl methyl sites for hydroxylation is 2. The SMILES string of the molecule is Cc1cc(C(=O)NC2CCN(c3ccn(C)n3)C2=O)c(C)n1C1CC1. The molecule has 2 aromatic heterocycles. The van der Waals surface area contributed by atoms with E-state index in [0.717, 1.165) is 11.4 Å². The van der Waals surface area contributed by atoms with Gasteiger partial charge in [-0.2, -0.15) is 5.10 Å². The van der Waals surface area contributed by atoms with Gasteiger partial charge in [-0.1, -0.05) is 0 Å². The first-order valence-electron chi connectivity index (χ1n) is 8.76. The van der Waals surface area contributed by atoms with E-state index in [1.54, 1.807) is 15.8 Å². The third-order valence-corrected chi connectivity index (χ3v) is 5.13. The van der Waals surface area contributed by atoms with Crippen LogP contribution in [0, 0.1) is 13.8 Å². The molecule has 2 fully saturated rings. The van der Waals surface area contributed by atoms with Crippen LogP contribution in [0.5, 0.6) is 0 Å². The second kappa shape index (κ2) is 5.75. The Kier molecular flexibility index (Phi) is 3.67.